The molecule has 1 heterocycles. The Morgan fingerprint density at radius 1 is 1.39 bits per heavy atom. The van der Waals surface area contributed by atoms with Crippen LogP contribution in [0.3, 0.4) is 0 Å². The number of aromatic carboxylic acids is 1. The lowest BCUT2D eigenvalue weighted by atomic mass is 9.92. The van der Waals surface area contributed by atoms with E-state index in [1.807, 2.05) is 6.92 Å². The van der Waals surface area contributed by atoms with Crippen LogP contribution in [-0.4, -0.2) is 40.8 Å². The third kappa shape index (κ3) is 3.85. The Kier molecular flexibility index (Phi) is 5.65. The Labute approximate surface area is 138 Å². The number of hydrogen-bond acceptors (Lipinski definition) is 6. The molecule has 0 unspecified atom stereocenters. The summed E-state index contributed by atoms with van der Waals surface area (Å²) >= 11 is 1.24. The van der Waals surface area contributed by atoms with Gasteiger partial charge in [0, 0.05) is 5.92 Å². The first kappa shape index (κ1) is 17.3. The zero-order valence-electron chi connectivity index (χ0n) is 12.9. The summed E-state index contributed by atoms with van der Waals surface area (Å²) in [7, 11) is 1.27. The molecule has 7 heteroatoms. The molecule has 0 bridgehead atoms. The summed E-state index contributed by atoms with van der Waals surface area (Å²) in [6, 6.07) is 6.69. The third-order valence-corrected chi connectivity index (χ3v) is 5.11. The van der Waals surface area contributed by atoms with E-state index in [0.717, 1.165) is 0 Å². The zero-order valence-corrected chi connectivity index (χ0v) is 13.7. The van der Waals surface area contributed by atoms with E-state index in [0.29, 0.717) is 12.0 Å². The van der Waals surface area contributed by atoms with E-state index in [4.69, 9.17) is 4.74 Å². The van der Waals surface area contributed by atoms with E-state index in [9.17, 15) is 19.5 Å². The number of cyclic esters (lactones) is 1. The first-order valence-corrected chi connectivity index (χ1v) is 8.17. The molecule has 1 aromatic rings. The highest BCUT2D eigenvalue weighted by atomic mass is 32.2. The van der Waals surface area contributed by atoms with Gasteiger partial charge in [0.1, 0.15) is 5.25 Å². The van der Waals surface area contributed by atoms with Gasteiger partial charge in [0.25, 0.3) is 0 Å². The molecule has 0 aliphatic carbocycles. The maximum Gasteiger partial charge on any atom is 0.335 e. The van der Waals surface area contributed by atoms with Gasteiger partial charge in [-0.1, -0.05) is 25.1 Å². The predicted octanol–water partition coefficient (Wildman–Crippen LogP) is 2.43. The Morgan fingerprint density at radius 2 is 2.09 bits per heavy atom. The van der Waals surface area contributed by atoms with E-state index in [1.54, 1.807) is 18.2 Å². The number of carbonyl (C=O) groups is 3. The minimum atomic E-state index is -1.01. The van der Waals surface area contributed by atoms with E-state index in [-0.39, 0.29) is 17.9 Å². The van der Waals surface area contributed by atoms with Gasteiger partial charge < -0.3 is 14.6 Å². The Bertz CT molecular complexity index is 614. The van der Waals surface area contributed by atoms with Crippen LogP contribution in [0.5, 0.6) is 0 Å². The minimum Gasteiger partial charge on any atom is -0.478 e. The van der Waals surface area contributed by atoms with Gasteiger partial charge in [-0.3, -0.25) is 9.59 Å². The summed E-state index contributed by atoms with van der Waals surface area (Å²) in [5, 5.41) is 8.72. The number of ether oxygens (including phenoxy) is 2. The summed E-state index contributed by atoms with van der Waals surface area (Å²) < 4.78 is 9.96. The Hall–Kier alpha value is -2.02. The third-order valence-electron chi connectivity index (χ3n) is 3.73. The maximum atomic E-state index is 11.9. The van der Waals surface area contributed by atoms with Gasteiger partial charge in [0.15, 0.2) is 5.44 Å². The van der Waals surface area contributed by atoms with E-state index in [2.05, 4.69) is 4.74 Å². The summed E-state index contributed by atoms with van der Waals surface area (Å²) in [6.45, 7) is 1.91. The highest BCUT2D eigenvalue weighted by Crippen LogP contribution is 2.41. The largest absolute Gasteiger partial charge is 0.478 e. The van der Waals surface area contributed by atoms with Crippen LogP contribution in [0.2, 0.25) is 0 Å². The van der Waals surface area contributed by atoms with Crippen LogP contribution < -0.4 is 0 Å². The van der Waals surface area contributed by atoms with Crippen LogP contribution in [0.25, 0.3) is 0 Å². The molecular weight excluding hydrogens is 320 g/mol. The molecule has 1 aliphatic heterocycles. The molecule has 1 aromatic carbocycles. The highest BCUT2D eigenvalue weighted by molar-refractivity contribution is 8.01. The van der Waals surface area contributed by atoms with Crippen molar-refractivity contribution in [2.45, 2.75) is 36.4 Å². The lowest BCUT2D eigenvalue weighted by molar-refractivity contribution is -0.147. The maximum absolute atomic E-state index is 11.9. The van der Waals surface area contributed by atoms with Gasteiger partial charge in [0.05, 0.1) is 19.1 Å². The first-order valence-electron chi connectivity index (χ1n) is 7.22. The molecule has 2 rings (SSSR count). The summed E-state index contributed by atoms with van der Waals surface area (Å²) in [4.78, 5) is 34.7. The van der Waals surface area contributed by atoms with Crippen LogP contribution in [0.1, 0.15) is 41.6 Å². The number of carboxylic acid groups (broad SMARTS) is 1. The standard InChI is InChI=1S/C16H18O6S/c1-3-9(10-6-4-5-7-11(10)14(18)19)16-22-15(20)12(23-16)8-13(17)21-2/h4-7,9,12,16H,3,8H2,1-2H3,(H,18,19)/t9-,12-,16-/m0/s1. The summed E-state index contributed by atoms with van der Waals surface area (Å²) in [5.74, 6) is -2.20. The average molecular weight is 338 g/mol. The normalized spacial score (nSPS) is 21.6. The van der Waals surface area contributed by atoms with Crippen molar-refractivity contribution >= 4 is 29.7 Å². The monoisotopic (exact) mass is 338 g/mol. The number of methoxy groups -OCH3 is 1. The van der Waals surface area contributed by atoms with Crippen molar-refractivity contribution < 1.29 is 29.0 Å². The number of carboxylic acids is 1. The molecule has 1 saturated heterocycles. The minimum absolute atomic E-state index is 0.0481. The second-order valence-corrected chi connectivity index (χ2v) is 6.42. The van der Waals surface area contributed by atoms with E-state index >= 15 is 0 Å². The SMILES string of the molecule is CC[C@@H](c1ccccc1C(=O)O)[C@H]1OC(=O)[C@H](CC(=O)OC)S1. The van der Waals surface area contributed by atoms with Crippen molar-refractivity contribution in [3.05, 3.63) is 35.4 Å². The van der Waals surface area contributed by atoms with Crippen LogP contribution in [-0.2, 0) is 19.1 Å². The molecule has 3 atom stereocenters. The summed E-state index contributed by atoms with van der Waals surface area (Å²) in [5.41, 5.74) is 0.321. The van der Waals surface area contributed by atoms with Crippen LogP contribution in [0, 0.1) is 0 Å². The average Bonchev–Trinajstić information content (AvgIpc) is 2.88. The molecule has 6 nitrogen and oxygen atoms in total. The number of carbonyl (C=O) groups excluding carboxylic acids is 2. The molecule has 1 aliphatic rings. The number of rotatable bonds is 6. The van der Waals surface area contributed by atoms with Crippen LogP contribution >= 0.6 is 11.8 Å². The molecule has 0 radical (unpaired) electrons. The van der Waals surface area contributed by atoms with Crippen molar-refractivity contribution in [2.24, 2.45) is 0 Å². The number of hydrogen-bond donors (Lipinski definition) is 1. The fraction of sp³-hybridized carbons (Fsp3) is 0.438. The lowest BCUT2D eigenvalue weighted by Gasteiger charge is -2.22. The fourth-order valence-electron chi connectivity index (χ4n) is 2.55. The van der Waals surface area contributed by atoms with Gasteiger partial charge >= 0.3 is 17.9 Å². The molecule has 0 aromatic heterocycles. The van der Waals surface area contributed by atoms with Crippen LogP contribution in [0.4, 0.5) is 0 Å². The quantitative estimate of drug-likeness (QED) is 0.797. The molecular formula is C16H18O6S. The topological polar surface area (TPSA) is 89.9 Å². The number of thioether (sulfide) groups is 1. The van der Waals surface area contributed by atoms with Crippen molar-refractivity contribution in [2.75, 3.05) is 7.11 Å². The van der Waals surface area contributed by atoms with Crippen molar-refractivity contribution in [1.29, 1.82) is 0 Å². The molecule has 124 valence electrons. The fourth-order valence-corrected chi connectivity index (χ4v) is 3.95. The Balaban J connectivity index is 2.21. The van der Waals surface area contributed by atoms with Gasteiger partial charge in [0.2, 0.25) is 0 Å². The highest BCUT2D eigenvalue weighted by Gasteiger charge is 2.41. The van der Waals surface area contributed by atoms with Gasteiger partial charge in [-0.25, -0.2) is 4.79 Å². The van der Waals surface area contributed by atoms with Crippen molar-refractivity contribution in [1.82, 2.24) is 0 Å². The lowest BCUT2D eigenvalue weighted by Crippen LogP contribution is -2.19. The molecule has 0 amide bonds. The molecule has 23 heavy (non-hydrogen) atoms. The molecule has 0 spiro atoms. The molecule has 0 saturated carbocycles. The molecule has 1 fully saturated rings. The second-order valence-electron chi connectivity index (χ2n) is 5.12. The summed E-state index contributed by atoms with van der Waals surface area (Å²) in [6.07, 6.45) is 0.563. The van der Waals surface area contributed by atoms with Gasteiger partial charge in [-0.2, -0.15) is 0 Å². The van der Waals surface area contributed by atoms with Crippen molar-refractivity contribution in [3.8, 4) is 0 Å². The van der Waals surface area contributed by atoms with Gasteiger partial charge in [-0.15, -0.1) is 11.8 Å². The van der Waals surface area contributed by atoms with E-state index < -0.39 is 28.6 Å². The van der Waals surface area contributed by atoms with Gasteiger partial charge in [-0.05, 0) is 18.1 Å². The Morgan fingerprint density at radius 3 is 2.70 bits per heavy atom. The molecule has 1 N–H and O–H groups in total. The number of esters is 2. The van der Waals surface area contributed by atoms with Crippen molar-refractivity contribution in [3.63, 3.8) is 0 Å². The second kappa shape index (κ2) is 7.50. The predicted molar refractivity (Wildman–Crippen MR) is 84.3 cm³/mol. The van der Waals surface area contributed by atoms with Crippen LogP contribution in [0.15, 0.2) is 24.3 Å². The number of benzene rings is 1. The zero-order chi connectivity index (χ0) is 17.0. The smallest absolute Gasteiger partial charge is 0.335 e. The first-order chi connectivity index (χ1) is 11.0. The van der Waals surface area contributed by atoms with E-state index in [1.165, 1.54) is 24.9 Å².